The molecule has 0 radical (unpaired) electrons. The number of likely N-dealkylation sites (tertiary alicyclic amines) is 1. The highest BCUT2D eigenvalue weighted by molar-refractivity contribution is 7.99. The van der Waals surface area contributed by atoms with Crippen LogP contribution >= 0.6 is 11.8 Å². The highest BCUT2D eigenvalue weighted by Gasteiger charge is 2.39. The van der Waals surface area contributed by atoms with Gasteiger partial charge in [0, 0.05) is 17.2 Å². The number of nitrogens with one attached hydrogen (secondary N) is 1. The molecule has 2 aliphatic heterocycles. The molecule has 0 aromatic heterocycles. The molecule has 2 aliphatic rings. The molecule has 2 amide bonds. The van der Waals surface area contributed by atoms with Gasteiger partial charge in [0.25, 0.3) is 0 Å². The Kier molecular flexibility index (Phi) is 5.99. The van der Waals surface area contributed by atoms with Gasteiger partial charge in [-0.25, -0.2) is 0 Å². The van der Waals surface area contributed by atoms with Crippen molar-refractivity contribution < 1.29 is 9.59 Å². The van der Waals surface area contributed by atoms with Gasteiger partial charge in [0.05, 0.1) is 12.4 Å². The molecule has 2 saturated heterocycles. The molecule has 0 saturated carbocycles. The predicted octanol–water partition coefficient (Wildman–Crippen LogP) is 1.15. The quantitative estimate of drug-likeness (QED) is 0.785. The number of amides is 2. The van der Waals surface area contributed by atoms with Crippen LogP contribution in [0.3, 0.4) is 0 Å². The Morgan fingerprint density at radius 2 is 1.96 bits per heavy atom. The molecule has 0 aliphatic carbocycles. The summed E-state index contributed by atoms with van der Waals surface area (Å²) in [5.41, 5.74) is -0.278. The summed E-state index contributed by atoms with van der Waals surface area (Å²) in [6, 6.07) is -0.338. The van der Waals surface area contributed by atoms with E-state index in [1.807, 2.05) is 20.8 Å². The minimum Gasteiger partial charge on any atom is -0.350 e. The first-order valence-electron chi connectivity index (χ1n) is 8.18. The predicted molar refractivity (Wildman–Crippen MR) is 93.9 cm³/mol. The standard InChI is InChI=1S/C17H27N3O2S/c1-5-8-19-9-6-13(7-10-19)16(22)20-12-23-11-14(20)15(21)18-17(2,3)4/h1,13-14H,6-12H2,2-4H3,(H,18,21)/t14-/m1/s1. The van der Waals surface area contributed by atoms with Gasteiger partial charge >= 0.3 is 0 Å². The Morgan fingerprint density at radius 3 is 2.52 bits per heavy atom. The Morgan fingerprint density at radius 1 is 1.30 bits per heavy atom. The third-order valence-corrected chi connectivity index (χ3v) is 5.23. The second-order valence-electron chi connectivity index (χ2n) is 7.32. The minimum absolute atomic E-state index is 0.0210. The van der Waals surface area contributed by atoms with Gasteiger partial charge in [-0.2, -0.15) is 0 Å². The molecule has 5 nitrogen and oxygen atoms in total. The van der Waals surface area contributed by atoms with Crippen molar-refractivity contribution in [2.45, 2.75) is 45.2 Å². The van der Waals surface area contributed by atoms with Crippen LogP contribution in [-0.4, -0.2) is 64.5 Å². The first kappa shape index (κ1) is 18.2. The van der Waals surface area contributed by atoms with Crippen molar-refractivity contribution in [3.63, 3.8) is 0 Å². The van der Waals surface area contributed by atoms with Crippen LogP contribution in [0.4, 0.5) is 0 Å². The number of nitrogens with zero attached hydrogens (tertiary/aromatic N) is 2. The molecule has 1 N–H and O–H groups in total. The summed E-state index contributed by atoms with van der Waals surface area (Å²) in [6.07, 6.45) is 7.00. The van der Waals surface area contributed by atoms with Gasteiger partial charge in [-0.1, -0.05) is 5.92 Å². The van der Waals surface area contributed by atoms with E-state index in [0.29, 0.717) is 18.2 Å². The van der Waals surface area contributed by atoms with Gasteiger partial charge in [-0.15, -0.1) is 18.2 Å². The molecule has 0 aromatic carbocycles. The van der Waals surface area contributed by atoms with Crippen molar-refractivity contribution in [3.05, 3.63) is 0 Å². The van der Waals surface area contributed by atoms with Gasteiger partial charge < -0.3 is 10.2 Å². The SMILES string of the molecule is C#CCN1CCC(C(=O)N2CSC[C@@H]2C(=O)NC(C)(C)C)CC1. The molecule has 1 atom stereocenters. The Bertz CT molecular complexity index is 487. The largest absolute Gasteiger partial charge is 0.350 e. The van der Waals surface area contributed by atoms with Crippen molar-refractivity contribution in [1.29, 1.82) is 0 Å². The Labute approximate surface area is 143 Å². The second-order valence-corrected chi connectivity index (χ2v) is 8.32. The van der Waals surface area contributed by atoms with Crippen molar-refractivity contribution in [1.82, 2.24) is 15.1 Å². The zero-order chi connectivity index (χ0) is 17.0. The normalized spacial score (nSPS) is 23.6. The number of piperidine rings is 1. The second kappa shape index (κ2) is 7.59. The molecule has 128 valence electrons. The fraction of sp³-hybridized carbons (Fsp3) is 0.765. The fourth-order valence-corrected chi connectivity index (χ4v) is 4.20. The van der Waals surface area contributed by atoms with E-state index in [1.165, 1.54) is 0 Å². The highest BCUT2D eigenvalue weighted by atomic mass is 32.2. The number of rotatable bonds is 3. The monoisotopic (exact) mass is 337 g/mol. The summed E-state index contributed by atoms with van der Waals surface area (Å²) in [5.74, 6) is 4.06. The number of terminal acetylenes is 1. The van der Waals surface area contributed by atoms with Crippen LogP contribution in [-0.2, 0) is 9.59 Å². The molecule has 2 heterocycles. The van der Waals surface area contributed by atoms with E-state index in [4.69, 9.17) is 6.42 Å². The Balaban J connectivity index is 1.93. The summed E-state index contributed by atoms with van der Waals surface area (Å²) in [6.45, 7) is 8.25. The highest BCUT2D eigenvalue weighted by Crippen LogP contribution is 2.27. The van der Waals surface area contributed by atoms with Crippen LogP contribution in [0.15, 0.2) is 0 Å². The molecular weight excluding hydrogens is 310 g/mol. The van der Waals surface area contributed by atoms with Crippen LogP contribution in [0, 0.1) is 18.3 Å². The van der Waals surface area contributed by atoms with E-state index >= 15 is 0 Å². The van der Waals surface area contributed by atoms with Gasteiger partial charge in [0.2, 0.25) is 11.8 Å². The summed E-state index contributed by atoms with van der Waals surface area (Å²) in [4.78, 5) is 29.2. The summed E-state index contributed by atoms with van der Waals surface area (Å²) < 4.78 is 0. The minimum atomic E-state index is -0.338. The molecule has 2 fully saturated rings. The number of hydrogen-bond acceptors (Lipinski definition) is 4. The van der Waals surface area contributed by atoms with Gasteiger partial charge in [-0.05, 0) is 46.7 Å². The molecular formula is C17H27N3O2S. The molecule has 0 aromatic rings. The number of hydrogen-bond donors (Lipinski definition) is 1. The first-order valence-corrected chi connectivity index (χ1v) is 9.33. The molecule has 2 rings (SSSR count). The topological polar surface area (TPSA) is 52.7 Å². The third kappa shape index (κ3) is 4.89. The van der Waals surface area contributed by atoms with Crippen LogP contribution in [0.1, 0.15) is 33.6 Å². The van der Waals surface area contributed by atoms with Gasteiger partial charge in [0.15, 0.2) is 0 Å². The van der Waals surface area contributed by atoms with Gasteiger partial charge in [-0.3, -0.25) is 14.5 Å². The number of carbonyl (C=O) groups excluding carboxylic acids is 2. The smallest absolute Gasteiger partial charge is 0.244 e. The summed E-state index contributed by atoms with van der Waals surface area (Å²) >= 11 is 1.65. The van der Waals surface area contributed by atoms with E-state index in [1.54, 1.807) is 16.7 Å². The first-order chi connectivity index (χ1) is 10.8. The summed E-state index contributed by atoms with van der Waals surface area (Å²) in [5, 5.41) is 3.00. The van der Waals surface area contributed by atoms with Crippen LogP contribution < -0.4 is 5.32 Å². The average molecular weight is 337 g/mol. The molecule has 6 heteroatoms. The molecule has 0 spiro atoms. The van der Waals surface area contributed by atoms with E-state index < -0.39 is 0 Å². The number of carbonyl (C=O) groups is 2. The van der Waals surface area contributed by atoms with Crippen molar-refractivity contribution in [3.8, 4) is 12.3 Å². The zero-order valence-electron chi connectivity index (χ0n) is 14.3. The van der Waals surface area contributed by atoms with E-state index in [0.717, 1.165) is 25.9 Å². The van der Waals surface area contributed by atoms with Crippen molar-refractivity contribution in [2.75, 3.05) is 31.3 Å². The number of thioether (sulfide) groups is 1. The zero-order valence-corrected chi connectivity index (χ0v) is 15.1. The van der Waals surface area contributed by atoms with Crippen LogP contribution in [0.5, 0.6) is 0 Å². The van der Waals surface area contributed by atoms with E-state index in [2.05, 4.69) is 16.1 Å². The van der Waals surface area contributed by atoms with E-state index in [9.17, 15) is 9.59 Å². The van der Waals surface area contributed by atoms with E-state index in [-0.39, 0.29) is 29.3 Å². The Hall–Kier alpha value is -1.19. The van der Waals surface area contributed by atoms with Crippen LogP contribution in [0.25, 0.3) is 0 Å². The molecule has 23 heavy (non-hydrogen) atoms. The lowest BCUT2D eigenvalue weighted by Gasteiger charge is -2.34. The lowest BCUT2D eigenvalue weighted by Crippen LogP contribution is -2.54. The average Bonchev–Trinajstić information content (AvgIpc) is 2.95. The lowest BCUT2D eigenvalue weighted by atomic mass is 9.95. The molecule has 0 bridgehead atoms. The maximum atomic E-state index is 12.8. The van der Waals surface area contributed by atoms with Crippen LogP contribution in [0.2, 0.25) is 0 Å². The maximum Gasteiger partial charge on any atom is 0.244 e. The summed E-state index contributed by atoms with van der Waals surface area (Å²) in [7, 11) is 0. The fourth-order valence-electron chi connectivity index (χ4n) is 3.03. The van der Waals surface area contributed by atoms with Crippen molar-refractivity contribution in [2.24, 2.45) is 5.92 Å². The lowest BCUT2D eigenvalue weighted by molar-refractivity contribution is -0.142. The molecule has 0 unspecified atom stereocenters. The third-order valence-electron chi connectivity index (χ3n) is 4.22. The van der Waals surface area contributed by atoms with Crippen molar-refractivity contribution >= 4 is 23.6 Å². The van der Waals surface area contributed by atoms with Gasteiger partial charge in [0.1, 0.15) is 6.04 Å². The maximum absolute atomic E-state index is 12.8.